The number of piperidine rings is 1. The summed E-state index contributed by atoms with van der Waals surface area (Å²) < 4.78 is 17.4. The summed E-state index contributed by atoms with van der Waals surface area (Å²) in [5.41, 5.74) is 3.23. The lowest BCUT2D eigenvalue weighted by Crippen LogP contribution is -2.40. The van der Waals surface area contributed by atoms with Gasteiger partial charge in [-0.15, -0.1) is 0 Å². The van der Waals surface area contributed by atoms with Crippen molar-refractivity contribution in [1.29, 1.82) is 0 Å². The molecule has 1 atom stereocenters. The number of rotatable bonds is 6. The summed E-state index contributed by atoms with van der Waals surface area (Å²) in [5, 5.41) is 3.35. The molecule has 0 aliphatic carbocycles. The molecule has 2 aromatic carbocycles. The van der Waals surface area contributed by atoms with Crippen molar-refractivity contribution in [3.8, 4) is 22.5 Å². The molecule has 1 aliphatic heterocycles. The van der Waals surface area contributed by atoms with Crippen LogP contribution in [0.3, 0.4) is 0 Å². The average molecular weight is 515 g/mol. The third-order valence-electron chi connectivity index (χ3n) is 7.24. The first-order valence-electron chi connectivity index (χ1n) is 12.8. The molecule has 4 aromatic rings. The summed E-state index contributed by atoms with van der Waals surface area (Å²) in [6, 6.07) is 17.7. The second-order valence-corrected chi connectivity index (χ2v) is 9.68. The van der Waals surface area contributed by atoms with Crippen molar-refractivity contribution in [2.45, 2.75) is 38.8 Å². The molecule has 9 heteroatoms. The maximum absolute atomic E-state index is 13.9. The van der Waals surface area contributed by atoms with E-state index < -0.39 is 0 Å². The lowest BCUT2D eigenvalue weighted by molar-refractivity contribution is -0.130. The van der Waals surface area contributed by atoms with Gasteiger partial charge in [0.1, 0.15) is 5.82 Å². The standard InChI is InChI=1S/C29H31FN6O2/c1-19(21-7-5-4-6-8-21)32-29-31-16-13-25(33-29)27-26(22-9-11-23(30)12-10-22)28(38)36(34(27)3)24-14-17-35(18-15-24)20(2)37/h4-13,16,19,24H,14-15,17-18H2,1-3H3,(H,31,32,33). The second kappa shape index (κ2) is 10.6. The van der Waals surface area contributed by atoms with Crippen LogP contribution in [-0.2, 0) is 11.8 Å². The van der Waals surface area contributed by atoms with Crippen LogP contribution >= 0.6 is 0 Å². The number of aromatic nitrogens is 4. The van der Waals surface area contributed by atoms with E-state index in [9.17, 15) is 14.0 Å². The van der Waals surface area contributed by atoms with E-state index in [2.05, 4.69) is 10.3 Å². The van der Waals surface area contributed by atoms with Crippen molar-refractivity contribution in [2.75, 3.05) is 18.4 Å². The molecule has 2 aromatic heterocycles. The van der Waals surface area contributed by atoms with Crippen LogP contribution in [0.25, 0.3) is 22.5 Å². The molecule has 0 spiro atoms. The fourth-order valence-corrected chi connectivity index (χ4v) is 5.21. The molecular weight excluding hydrogens is 483 g/mol. The number of likely N-dealkylation sites (tertiary alicyclic amines) is 1. The largest absolute Gasteiger partial charge is 0.348 e. The van der Waals surface area contributed by atoms with Crippen molar-refractivity contribution in [1.82, 2.24) is 24.2 Å². The smallest absolute Gasteiger partial charge is 0.275 e. The van der Waals surface area contributed by atoms with E-state index in [1.165, 1.54) is 12.1 Å². The molecule has 0 bridgehead atoms. The van der Waals surface area contributed by atoms with Gasteiger partial charge in [-0.3, -0.25) is 14.3 Å². The minimum atomic E-state index is -0.369. The van der Waals surface area contributed by atoms with Crippen LogP contribution in [-0.4, -0.2) is 43.2 Å². The van der Waals surface area contributed by atoms with Gasteiger partial charge in [0.15, 0.2) is 0 Å². The molecule has 0 radical (unpaired) electrons. The number of nitrogens with one attached hydrogen (secondary N) is 1. The number of amides is 1. The Bertz CT molecular complexity index is 1490. The molecule has 1 amide bonds. The summed E-state index contributed by atoms with van der Waals surface area (Å²) >= 11 is 0. The number of benzene rings is 2. The van der Waals surface area contributed by atoms with Crippen molar-refractivity contribution < 1.29 is 9.18 Å². The summed E-state index contributed by atoms with van der Waals surface area (Å²) in [4.78, 5) is 36.8. The minimum absolute atomic E-state index is 0.0251. The predicted octanol–water partition coefficient (Wildman–Crippen LogP) is 4.81. The third-order valence-corrected chi connectivity index (χ3v) is 7.24. The van der Waals surface area contributed by atoms with Gasteiger partial charge in [-0.2, -0.15) is 0 Å². The van der Waals surface area contributed by atoms with Gasteiger partial charge in [-0.25, -0.2) is 19.0 Å². The van der Waals surface area contributed by atoms with Crippen LogP contribution in [0.15, 0.2) is 71.7 Å². The number of carbonyl (C=O) groups excluding carboxylic acids is 1. The van der Waals surface area contributed by atoms with Crippen LogP contribution in [0.4, 0.5) is 10.3 Å². The summed E-state index contributed by atoms with van der Waals surface area (Å²) in [6.07, 6.45) is 3.01. The average Bonchev–Trinajstić information content (AvgIpc) is 3.19. The van der Waals surface area contributed by atoms with E-state index in [1.807, 2.05) is 53.9 Å². The summed E-state index contributed by atoms with van der Waals surface area (Å²) in [6.45, 7) is 4.80. The molecule has 196 valence electrons. The molecule has 1 unspecified atom stereocenters. The highest BCUT2D eigenvalue weighted by atomic mass is 19.1. The highest BCUT2D eigenvalue weighted by molar-refractivity contribution is 5.79. The van der Waals surface area contributed by atoms with Gasteiger partial charge >= 0.3 is 0 Å². The summed E-state index contributed by atoms with van der Waals surface area (Å²) in [7, 11) is 1.85. The number of carbonyl (C=O) groups is 1. The molecular formula is C29H31FN6O2. The van der Waals surface area contributed by atoms with Gasteiger partial charge in [0, 0.05) is 33.3 Å². The zero-order valence-electron chi connectivity index (χ0n) is 21.8. The Kier molecular flexibility index (Phi) is 7.09. The Hall–Kier alpha value is -4.27. The zero-order valence-corrected chi connectivity index (χ0v) is 21.8. The Balaban J connectivity index is 1.57. The number of nitrogens with zero attached hydrogens (tertiary/aromatic N) is 5. The van der Waals surface area contributed by atoms with Gasteiger partial charge in [-0.1, -0.05) is 42.5 Å². The molecule has 0 saturated carbocycles. The monoisotopic (exact) mass is 514 g/mol. The highest BCUT2D eigenvalue weighted by Gasteiger charge is 2.29. The van der Waals surface area contributed by atoms with E-state index in [1.54, 1.807) is 36.0 Å². The van der Waals surface area contributed by atoms with Crippen LogP contribution in [0.1, 0.15) is 44.3 Å². The normalized spacial score (nSPS) is 14.9. The first-order valence-corrected chi connectivity index (χ1v) is 12.8. The zero-order chi connectivity index (χ0) is 26.8. The first-order chi connectivity index (χ1) is 18.3. The third kappa shape index (κ3) is 4.96. The van der Waals surface area contributed by atoms with E-state index in [-0.39, 0.29) is 29.4 Å². The van der Waals surface area contributed by atoms with E-state index >= 15 is 0 Å². The van der Waals surface area contributed by atoms with Crippen LogP contribution in [0, 0.1) is 5.82 Å². The molecule has 1 saturated heterocycles. The second-order valence-electron chi connectivity index (χ2n) is 9.68. The Labute approximate surface area is 220 Å². The van der Waals surface area contributed by atoms with E-state index in [4.69, 9.17) is 4.98 Å². The fourth-order valence-electron chi connectivity index (χ4n) is 5.21. The van der Waals surface area contributed by atoms with E-state index in [0.29, 0.717) is 54.4 Å². The van der Waals surface area contributed by atoms with Crippen molar-refractivity contribution in [2.24, 2.45) is 7.05 Å². The SMILES string of the molecule is CC(=O)N1CCC(n2c(=O)c(-c3ccc(F)cc3)c(-c3ccnc(NC(C)c4ccccc4)n3)n2C)CC1. The maximum atomic E-state index is 13.9. The summed E-state index contributed by atoms with van der Waals surface area (Å²) in [5.74, 6) is 0.117. The molecule has 38 heavy (non-hydrogen) atoms. The Morgan fingerprint density at radius 2 is 1.74 bits per heavy atom. The molecule has 1 N–H and O–H groups in total. The lowest BCUT2D eigenvalue weighted by Gasteiger charge is -2.32. The number of hydrogen-bond acceptors (Lipinski definition) is 5. The van der Waals surface area contributed by atoms with Gasteiger partial charge in [-0.05, 0) is 49.1 Å². The van der Waals surface area contributed by atoms with Crippen LogP contribution < -0.4 is 10.9 Å². The topological polar surface area (TPSA) is 85.1 Å². The maximum Gasteiger partial charge on any atom is 0.275 e. The molecule has 8 nitrogen and oxygen atoms in total. The van der Waals surface area contributed by atoms with Crippen molar-refractivity contribution in [3.05, 3.63) is 88.6 Å². The Morgan fingerprint density at radius 1 is 1.05 bits per heavy atom. The molecule has 5 rings (SSSR count). The van der Waals surface area contributed by atoms with Crippen molar-refractivity contribution >= 4 is 11.9 Å². The molecule has 3 heterocycles. The lowest BCUT2D eigenvalue weighted by atomic mass is 10.0. The fraction of sp³-hybridized carbons (Fsp3) is 0.310. The quantitative estimate of drug-likeness (QED) is 0.399. The first kappa shape index (κ1) is 25.4. The van der Waals surface area contributed by atoms with Crippen LogP contribution in [0.2, 0.25) is 0 Å². The van der Waals surface area contributed by atoms with Crippen molar-refractivity contribution in [3.63, 3.8) is 0 Å². The van der Waals surface area contributed by atoms with Gasteiger partial charge in [0.25, 0.3) is 5.56 Å². The van der Waals surface area contributed by atoms with Gasteiger partial charge in [0.05, 0.1) is 29.0 Å². The van der Waals surface area contributed by atoms with Crippen LogP contribution in [0.5, 0.6) is 0 Å². The predicted molar refractivity (Wildman–Crippen MR) is 145 cm³/mol. The molecule has 1 aliphatic rings. The van der Waals surface area contributed by atoms with Gasteiger partial charge in [0.2, 0.25) is 11.9 Å². The minimum Gasteiger partial charge on any atom is -0.348 e. The highest BCUT2D eigenvalue weighted by Crippen LogP contribution is 2.32. The van der Waals surface area contributed by atoms with Gasteiger partial charge < -0.3 is 10.2 Å². The molecule has 1 fully saturated rings. The number of halogens is 1. The van der Waals surface area contributed by atoms with E-state index in [0.717, 1.165) is 5.56 Å². The number of anilines is 1. The Morgan fingerprint density at radius 3 is 2.39 bits per heavy atom. The number of hydrogen-bond donors (Lipinski definition) is 1.